The van der Waals surface area contributed by atoms with Crippen molar-refractivity contribution in [3.8, 4) is 5.75 Å². The molecule has 2 aliphatic carbocycles. The Balaban J connectivity index is 1.35. The number of fused-ring (bicyclic) bond motifs is 1. The number of carbonyl (C=O) groups is 4. The summed E-state index contributed by atoms with van der Waals surface area (Å²) in [7, 11) is 1.54. The van der Waals surface area contributed by atoms with Gasteiger partial charge >= 0.3 is 23.9 Å². The highest BCUT2D eigenvalue weighted by atomic mass is 16.8. The van der Waals surface area contributed by atoms with E-state index in [1.807, 2.05) is 20.8 Å². The highest BCUT2D eigenvalue weighted by Crippen LogP contribution is 2.85. The van der Waals surface area contributed by atoms with Gasteiger partial charge in [0, 0.05) is 5.92 Å². The number of hydrogen-bond donors (Lipinski definition) is 2. The molecular weight excluding hydrogens is 628 g/mol. The molecule has 2 aromatic carbocycles. The molecule has 6 unspecified atom stereocenters. The largest absolute Gasteiger partial charge is 0.497 e. The molecular formula is C35H36O13. The molecule has 2 saturated carbocycles. The number of aliphatic hydroxyl groups excluding tert-OH is 1. The predicted molar refractivity (Wildman–Crippen MR) is 159 cm³/mol. The maximum absolute atomic E-state index is 14.4. The van der Waals surface area contributed by atoms with Gasteiger partial charge in [-0.3, -0.25) is 4.79 Å². The van der Waals surface area contributed by atoms with E-state index in [-0.39, 0.29) is 12.2 Å². The molecule has 0 radical (unpaired) electrons. The van der Waals surface area contributed by atoms with Crippen LogP contribution in [-0.4, -0.2) is 89.2 Å². The lowest BCUT2D eigenvalue weighted by Gasteiger charge is -2.48. The number of hydrogen-bond acceptors (Lipinski definition) is 13. The summed E-state index contributed by atoms with van der Waals surface area (Å²) in [6.07, 6.45) is -9.34. The minimum atomic E-state index is -2.47. The first-order chi connectivity index (χ1) is 22.7. The Morgan fingerprint density at radius 3 is 2.27 bits per heavy atom. The Bertz CT molecular complexity index is 1720. The second kappa shape index (κ2) is 9.78. The van der Waals surface area contributed by atoms with E-state index in [2.05, 4.69) is 0 Å². The molecule has 4 heterocycles. The number of methoxy groups -OCH3 is 1. The van der Waals surface area contributed by atoms with E-state index in [4.69, 9.17) is 33.2 Å². The Kier molecular flexibility index (Phi) is 6.36. The molecule has 13 nitrogen and oxygen atoms in total. The molecule has 2 aromatic rings. The average molecular weight is 665 g/mol. The zero-order chi connectivity index (χ0) is 34.2. The van der Waals surface area contributed by atoms with Crippen LogP contribution in [0.25, 0.3) is 0 Å². The second-order valence-corrected chi connectivity index (χ2v) is 14.7. The fourth-order valence-corrected chi connectivity index (χ4v) is 10.2. The van der Waals surface area contributed by atoms with Gasteiger partial charge < -0.3 is 43.4 Å². The van der Waals surface area contributed by atoms with Crippen LogP contribution < -0.4 is 4.74 Å². The molecule has 6 aliphatic rings. The monoisotopic (exact) mass is 664 g/mol. The molecule has 4 saturated heterocycles. The third kappa shape index (κ3) is 3.26. The van der Waals surface area contributed by atoms with Gasteiger partial charge in [0.25, 0.3) is 0 Å². The molecule has 0 bridgehead atoms. The summed E-state index contributed by atoms with van der Waals surface area (Å²) in [6.45, 7) is 6.83. The van der Waals surface area contributed by atoms with Crippen molar-refractivity contribution in [3.63, 3.8) is 0 Å². The summed E-state index contributed by atoms with van der Waals surface area (Å²) >= 11 is 0. The van der Waals surface area contributed by atoms with Crippen molar-refractivity contribution in [1.29, 1.82) is 0 Å². The minimum absolute atomic E-state index is 0.110. The summed E-state index contributed by atoms with van der Waals surface area (Å²) in [4.78, 5) is 55.1. The fourth-order valence-electron chi connectivity index (χ4n) is 10.2. The van der Waals surface area contributed by atoms with Crippen LogP contribution in [0.15, 0.2) is 54.6 Å². The first kappa shape index (κ1) is 31.2. The Morgan fingerprint density at radius 2 is 1.62 bits per heavy atom. The summed E-state index contributed by atoms with van der Waals surface area (Å²) in [5.74, 6) is -5.20. The maximum atomic E-state index is 14.4. The van der Waals surface area contributed by atoms with Crippen molar-refractivity contribution in [1.82, 2.24) is 0 Å². The van der Waals surface area contributed by atoms with E-state index < -0.39 is 100.0 Å². The lowest BCUT2D eigenvalue weighted by molar-refractivity contribution is -0.240. The number of rotatable bonds is 6. The Morgan fingerprint density at radius 1 is 0.938 bits per heavy atom. The Hall–Kier alpha value is -4.04. The zero-order valence-corrected chi connectivity index (χ0v) is 26.9. The summed E-state index contributed by atoms with van der Waals surface area (Å²) in [5.41, 5.74) is -8.75. The summed E-state index contributed by atoms with van der Waals surface area (Å²) in [6, 6.07) is 15.2. The van der Waals surface area contributed by atoms with E-state index in [0.717, 1.165) is 0 Å². The van der Waals surface area contributed by atoms with E-state index in [9.17, 15) is 29.4 Å². The molecule has 2 spiro atoms. The van der Waals surface area contributed by atoms with Gasteiger partial charge in [-0.1, -0.05) is 51.1 Å². The van der Waals surface area contributed by atoms with Crippen LogP contribution in [0.3, 0.4) is 0 Å². The summed E-state index contributed by atoms with van der Waals surface area (Å²) < 4.78 is 42.1. The first-order valence-electron chi connectivity index (χ1n) is 15.9. The molecule has 48 heavy (non-hydrogen) atoms. The zero-order valence-electron chi connectivity index (χ0n) is 26.9. The molecule has 4 aliphatic heterocycles. The highest BCUT2D eigenvalue weighted by molar-refractivity contribution is 5.95. The standard InChI is InChI=1S/C35H36O13/c1-16-26(37)45-24-22(36)33-23-20(44-27(38)18-9-7-6-8-10-18)21(31(2,3)4)32(33)25(43-15-17-11-13-19(42-5)14-12-17)28(39)47-30(32)48-35(33,29(40)46-23)34(16,24)41/h6-14,16,20-25,30,36,41H,15H2,1-5H3/t16-,20-,21+,22+,23?,24?,25+,30?,32?,33?,34-,35?/m1/s1. The fraction of sp³-hybridized carbons (Fsp3) is 0.543. The van der Waals surface area contributed by atoms with Crippen molar-refractivity contribution in [3.05, 3.63) is 65.7 Å². The molecule has 254 valence electrons. The van der Waals surface area contributed by atoms with Crippen molar-refractivity contribution in [2.45, 2.75) is 82.3 Å². The number of ether oxygens (including phenoxy) is 7. The third-order valence-electron chi connectivity index (χ3n) is 11.7. The molecule has 0 aromatic heterocycles. The van der Waals surface area contributed by atoms with Crippen molar-refractivity contribution < 1.29 is 62.5 Å². The molecule has 6 fully saturated rings. The van der Waals surface area contributed by atoms with Gasteiger partial charge in [0.2, 0.25) is 11.9 Å². The molecule has 0 amide bonds. The summed E-state index contributed by atoms with van der Waals surface area (Å²) in [5, 5.41) is 25.1. The first-order valence-corrected chi connectivity index (χ1v) is 15.9. The molecule has 13 heteroatoms. The number of benzene rings is 2. The van der Waals surface area contributed by atoms with E-state index in [1.165, 1.54) is 14.0 Å². The van der Waals surface area contributed by atoms with Crippen molar-refractivity contribution in [2.75, 3.05) is 7.11 Å². The van der Waals surface area contributed by atoms with E-state index in [1.54, 1.807) is 54.6 Å². The topological polar surface area (TPSA) is 173 Å². The van der Waals surface area contributed by atoms with Crippen LogP contribution in [0, 0.1) is 28.1 Å². The lowest BCUT2D eigenvalue weighted by atomic mass is 9.51. The van der Waals surface area contributed by atoms with Crippen LogP contribution in [0.2, 0.25) is 0 Å². The quantitative estimate of drug-likeness (QED) is 0.338. The van der Waals surface area contributed by atoms with Gasteiger partial charge in [0.15, 0.2) is 23.9 Å². The predicted octanol–water partition coefficient (Wildman–Crippen LogP) is 1.70. The normalized spacial score (nSPS) is 43.2. The SMILES string of the molecule is COc1ccc(CO[C@H]2C(=O)OC3OC45C(=O)OC6[C@H](OC(=O)c7ccccc7)[C@@H](C(C)(C)C)C32C64[C@@H](O)C2OC(=O)[C@@H](C)[C@@]25O)cc1. The minimum Gasteiger partial charge on any atom is -0.497 e. The van der Waals surface area contributed by atoms with Crippen LogP contribution in [0.1, 0.15) is 43.6 Å². The third-order valence-corrected chi connectivity index (χ3v) is 11.7. The van der Waals surface area contributed by atoms with Gasteiger partial charge in [-0.25, -0.2) is 14.4 Å². The Labute approximate surface area is 275 Å². The van der Waals surface area contributed by atoms with Gasteiger partial charge in [0.05, 0.1) is 36.0 Å². The smallest absolute Gasteiger partial charge is 0.343 e. The van der Waals surface area contributed by atoms with Gasteiger partial charge in [0.1, 0.15) is 18.0 Å². The molecule has 8 rings (SSSR count). The van der Waals surface area contributed by atoms with Crippen LogP contribution in [0.5, 0.6) is 5.75 Å². The van der Waals surface area contributed by atoms with Crippen LogP contribution in [-0.2, 0) is 49.4 Å². The highest BCUT2D eigenvalue weighted by Gasteiger charge is 3.05. The second-order valence-electron chi connectivity index (χ2n) is 14.7. The van der Waals surface area contributed by atoms with Gasteiger partial charge in [-0.15, -0.1) is 0 Å². The van der Waals surface area contributed by atoms with Gasteiger partial charge in [-0.05, 0) is 42.2 Å². The van der Waals surface area contributed by atoms with E-state index >= 15 is 0 Å². The number of carbonyl (C=O) groups excluding carboxylic acids is 4. The lowest BCUT2D eigenvalue weighted by Crippen LogP contribution is -2.67. The molecule has 12 atom stereocenters. The van der Waals surface area contributed by atoms with Crippen LogP contribution in [0.4, 0.5) is 0 Å². The molecule has 2 N–H and O–H groups in total. The number of esters is 4. The average Bonchev–Trinajstić information content (AvgIpc) is 3.76. The van der Waals surface area contributed by atoms with Crippen LogP contribution >= 0.6 is 0 Å². The van der Waals surface area contributed by atoms with Crippen molar-refractivity contribution in [2.24, 2.45) is 28.1 Å². The maximum Gasteiger partial charge on any atom is 0.343 e. The van der Waals surface area contributed by atoms with Crippen molar-refractivity contribution >= 4 is 23.9 Å². The van der Waals surface area contributed by atoms with E-state index in [0.29, 0.717) is 11.3 Å². The van der Waals surface area contributed by atoms with Gasteiger partial charge in [-0.2, -0.15) is 0 Å². The number of aliphatic hydroxyl groups is 2.